The Labute approximate surface area is 344 Å². The molecule has 0 fully saturated rings. The van der Waals surface area contributed by atoms with Gasteiger partial charge in [0.05, 0.1) is 0 Å². The third-order valence-corrected chi connectivity index (χ3v) is 6.36. The van der Waals surface area contributed by atoms with Gasteiger partial charge >= 0.3 is 26.2 Å². The van der Waals surface area contributed by atoms with Gasteiger partial charge in [0.25, 0.3) is 0 Å². The summed E-state index contributed by atoms with van der Waals surface area (Å²) in [7, 11) is 0. The third-order valence-electron chi connectivity index (χ3n) is 6.36. The molecule has 53 heavy (non-hydrogen) atoms. The molecule has 0 aliphatic rings. The van der Waals surface area contributed by atoms with Crippen LogP contribution in [0, 0.1) is 67.6 Å². The summed E-state index contributed by atoms with van der Waals surface area (Å²) in [4.78, 5) is 45.6. The topological polar surface area (TPSA) is 161 Å². The zero-order valence-corrected chi connectivity index (χ0v) is 40.2. The number of ketones is 4. The van der Waals surface area contributed by atoms with Crippen molar-refractivity contribution in [3.8, 4) is 0 Å². The SMILES string of the molecule is CC(C)(C)C(=O)[C]=C([O-])C(C)(C)C.CC(C)(C)C(=O)[C]=C([O-])C(C)(C)C.CC(C)(C)C(=O)[C]=C([O-])C(C)(C)C.CC(C)(C)C(=O)[C]=C([O-])C(C)(C)C.[Zr+4]. The Bertz CT molecular complexity index is 1110. The van der Waals surface area contributed by atoms with Gasteiger partial charge in [-0.1, -0.05) is 166 Å². The van der Waals surface area contributed by atoms with Crippen molar-refractivity contribution in [2.24, 2.45) is 43.3 Å². The van der Waals surface area contributed by atoms with Crippen LogP contribution in [0.4, 0.5) is 0 Å². The molecule has 0 atom stereocenters. The fourth-order valence-electron chi connectivity index (χ4n) is 1.91. The molecule has 0 saturated heterocycles. The standard InChI is InChI=1S/4C11H19O2.Zr/c4*1-10(2,3)8(12)7-9(13)11(4,5)6;/h4*12H,1-6H3;/q;;;;+4/p-4. The van der Waals surface area contributed by atoms with Gasteiger partial charge in [0.15, 0.2) is 23.1 Å². The van der Waals surface area contributed by atoms with Crippen LogP contribution in [0.2, 0.25) is 0 Å². The molecule has 0 N–H and O–H groups in total. The molecule has 0 bridgehead atoms. The van der Waals surface area contributed by atoms with Crippen LogP contribution in [0.25, 0.3) is 0 Å². The normalized spacial score (nSPS) is 14.2. The minimum absolute atomic E-state index is 0. The maximum absolute atomic E-state index is 11.4. The summed E-state index contributed by atoms with van der Waals surface area (Å²) < 4.78 is 0. The monoisotopic (exact) mass is 818 g/mol. The van der Waals surface area contributed by atoms with Crippen molar-refractivity contribution in [2.45, 2.75) is 166 Å². The first kappa shape index (κ1) is 60.0. The van der Waals surface area contributed by atoms with Crippen LogP contribution in [-0.2, 0) is 45.4 Å². The molecule has 300 valence electrons. The van der Waals surface area contributed by atoms with Crippen molar-refractivity contribution in [3.63, 3.8) is 0 Å². The van der Waals surface area contributed by atoms with Gasteiger partial charge in [-0.3, -0.25) is 19.2 Å². The van der Waals surface area contributed by atoms with Crippen molar-refractivity contribution in [1.82, 2.24) is 0 Å². The van der Waals surface area contributed by atoms with Gasteiger partial charge in [-0.15, -0.1) is 23.0 Å². The Kier molecular flexibility index (Phi) is 24.6. The first-order valence-corrected chi connectivity index (χ1v) is 17.6. The summed E-state index contributed by atoms with van der Waals surface area (Å²) in [6.07, 6.45) is 9.53. The Morgan fingerprint density at radius 1 is 0.264 bits per heavy atom. The maximum Gasteiger partial charge on any atom is 4.00 e. The van der Waals surface area contributed by atoms with Crippen LogP contribution in [0.3, 0.4) is 0 Å². The van der Waals surface area contributed by atoms with Crippen LogP contribution in [0.5, 0.6) is 0 Å². The summed E-state index contributed by atoms with van der Waals surface area (Å²) in [6, 6.07) is 0. The van der Waals surface area contributed by atoms with Gasteiger partial charge in [0.2, 0.25) is 0 Å². The molecule has 0 unspecified atom stereocenters. The minimum atomic E-state index is -0.513. The van der Waals surface area contributed by atoms with E-state index in [0.29, 0.717) is 0 Å². The molecule has 0 heterocycles. The predicted molar refractivity (Wildman–Crippen MR) is 203 cm³/mol. The van der Waals surface area contributed by atoms with Gasteiger partial charge in [-0.2, -0.15) is 0 Å². The Morgan fingerprint density at radius 2 is 0.358 bits per heavy atom. The second kappa shape index (κ2) is 21.7. The smallest absolute Gasteiger partial charge is 0.875 e. The predicted octanol–water partition coefficient (Wildman–Crippen LogP) is 6.78. The number of carbonyl (C=O) groups is 4. The van der Waals surface area contributed by atoms with E-state index in [2.05, 4.69) is 24.3 Å². The summed E-state index contributed by atoms with van der Waals surface area (Å²) in [6.45, 7) is 42.6. The zero-order valence-electron chi connectivity index (χ0n) is 37.8. The quantitative estimate of drug-likeness (QED) is 0.222. The minimum Gasteiger partial charge on any atom is -0.875 e. The van der Waals surface area contributed by atoms with E-state index in [-0.39, 0.29) is 72.4 Å². The van der Waals surface area contributed by atoms with Gasteiger partial charge in [0.1, 0.15) is 0 Å². The van der Waals surface area contributed by atoms with Crippen LogP contribution in [0.15, 0.2) is 23.0 Å². The number of Topliss-reactive ketones (excluding diaryl/α,β-unsaturated/α-hetero) is 4. The first-order chi connectivity index (χ1) is 22.2. The fourth-order valence-corrected chi connectivity index (χ4v) is 1.91. The average molecular weight is 820 g/mol. The van der Waals surface area contributed by atoms with E-state index >= 15 is 0 Å². The Morgan fingerprint density at radius 3 is 0.415 bits per heavy atom. The molecular formula is C44H72O8Zr. The number of rotatable bonds is 4. The molecule has 4 radical (unpaired) electrons. The summed E-state index contributed by atoms with van der Waals surface area (Å²) in [5, 5.41) is 45.6. The molecule has 0 amide bonds. The number of hydrogen-bond donors (Lipinski definition) is 0. The second-order valence-corrected chi connectivity index (χ2v) is 21.1. The fraction of sp³-hybridized carbons (Fsp3) is 0.727. The molecular weight excluding hydrogens is 748 g/mol. The largest absolute Gasteiger partial charge is 4.00 e. The molecule has 9 heteroatoms. The summed E-state index contributed by atoms with van der Waals surface area (Å²) >= 11 is 0. The van der Waals surface area contributed by atoms with Crippen LogP contribution in [0.1, 0.15) is 166 Å². The number of carbonyl (C=O) groups excluding carboxylic acids is 4. The molecule has 0 saturated carbocycles. The molecule has 0 rings (SSSR count). The van der Waals surface area contributed by atoms with Crippen molar-refractivity contribution in [3.05, 3.63) is 47.3 Å². The van der Waals surface area contributed by atoms with Gasteiger partial charge in [-0.05, 0) is 21.7 Å². The number of hydrogen-bond acceptors (Lipinski definition) is 8. The van der Waals surface area contributed by atoms with E-state index in [1.807, 2.05) is 0 Å². The van der Waals surface area contributed by atoms with Gasteiger partial charge < -0.3 is 20.4 Å². The first-order valence-electron chi connectivity index (χ1n) is 17.6. The van der Waals surface area contributed by atoms with Crippen molar-refractivity contribution in [2.75, 3.05) is 0 Å². The van der Waals surface area contributed by atoms with E-state index in [0.717, 1.165) is 0 Å². The molecule has 0 aromatic heterocycles. The average Bonchev–Trinajstić information content (AvgIpc) is 2.85. The summed E-state index contributed by atoms with van der Waals surface area (Å²) in [5.41, 5.74) is -4.10. The van der Waals surface area contributed by atoms with Crippen LogP contribution in [-0.4, -0.2) is 23.1 Å². The second-order valence-electron chi connectivity index (χ2n) is 21.1. The molecule has 0 aliphatic carbocycles. The zero-order chi connectivity index (χ0) is 43.4. The van der Waals surface area contributed by atoms with Gasteiger partial charge in [-0.25, -0.2) is 0 Å². The van der Waals surface area contributed by atoms with E-state index in [9.17, 15) is 39.6 Å². The van der Waals surface area contributed by atoms with Crippen molar-refractivity contribution < 1.29 is 65.8 Å². The molecule has 0 aliphatic heterocycles. The van der Waals surface area contributed by atoms with Gasteiger partial charge in [0, 0.05) is 46.0 Å². The summed E-state index contributed by atoms with van der Waals surface area (Å²) in [5.74, 6) is -1.83. The van der Waals surface area contributed by atoms with Crippen molar-refractivity contribution >= 4 is 23.1 Å². The molecule has 8 nitrogen and oxygen atoms in total. The Balaban J connectivity index is -0.000000192. The van der Waals surface area contributed by atoms with E-state index in [1.165, 1.54) is 0 Å². The molecule has 0 spiro atoms. The third kappa shape index (κ3) is 29.7. The number of allylic oxidation sites excluding steroid dienone is 8. The van der Waals surface area contributed by atoms with E-state index in [4.69, 9.17) is 0 Å². The van der Waals surface area contributed by atoms with Crippen molar-refractivity contribution in [1.29, 1.82) is 0 Å². The molecule has 0 aromatic rings. The van der Waals surface area contributed by atoms with E-state index in [1.54, 1.807) is 166 Å². The maximum atomic E-state index is 11.4. The molecule has 0 aromatic carbocycles. The van der Waals surface area contributed by atoms with Crippen LogP contribution < -0.4 is 20.4 Å². The van der Waals surface area contributed by atoms with Crippen LogP contribution >= 0.6 is 0 Å². The Hall–Kier alpha value is -2.28. The van der Waals surface area contributed by atoms with E-state index < -0.39 is 43.3 Å².